The van der Waals surface area contributed by atoms with Crippen LogP contribution in [0.2, 0.25) is 5.02 Å². The zero-order chi connectivity index (χ0) is 16.5. The number of halogens is 1. The Morgan fingerprint density at radius 3 is 2.96 bits per heavy atom. The van der Waals surface area contributed by atoms with E-state index in [0.717, 1.165) is 32.8 Å². The van der Waals surface area contributed by atoms with Crippen molar-refractivity contribution in [3.05, 3.63) is 57.5 Å². The van der Waals surface area contributed by atoms with Crippen molar-refractivity contribution in [3.8, 4) is 0 Å². The van der Waals surface area contributed by atoms with Gasteiger partial charge in [-0.15, -0.1) is 0 Å². The molecule has 2 aliphatic rings. The van der Waals surface area contributed by atoms with Crippen LogP contribution in [0, 0.1) is 0 Å². The number of nitrogens with zero attached hydrogens (tertiary/aromatic N) is 3. The van der Waals surface area contributed by atoms with Gasteiger partial charge in [-0.1, -0.05) is 41.9 Å². The monoisotopic (exact) mass is 346 g/mol. The number of benzene rings is 1. The molecule has 6 nitrogen and oxygen atoms in total. The molecule has 0 radical (unpaired) electrons. The van der Waals surface area contributed by atoms with E-state index in [-0.39, 0.29) is 22.7 Å². The van der Waals surface area contributed by atoms with Crippen molar-refractivity contribution in [2.45, 2.75) is 18.7 Å². The lowest BCUT2D eigenvalue weighted by Gasteiger charge is -2.36. The maximum absolute atomic E-state index is 11.7. The molecule has 4 rings (SSSR count). The first-order chi connectivity index (χ1) is 11.7. The second-order valence-electron chi connectivity index (χ2n) is 6.24. The largest absolute Gasteiger partial charge is 0.373 e. The van der Waals surface area contributed by atoms with E-state index < -0.39 is 0 Å². The fourth-order valence-corrected chi connectivity index (χ4v) is 3.77. The quantitative estimate of drug-likeness (QED) is 0.913. The van der Waals surface area contributed by atoms with Crippen molar-refractivity contribution < 1.29 is 4.74 Å². The summed E-state index contributed by atoms with van der Waals surface area (Å²) in [6.07, 6.45) is 1.74. The summed E-state index contributed by atoms with van der Waals surface area (Å²) < 4.78 is 5.96. The van der Waals surface area contributed by atoms with Crippen LogP contribution in [-0.4, -0.2) is 53.5 Å². The molecule has 2 atom stereocenters. The van der Waals surface area contributed by atoms with Gasteiger partial charge in [0, 0.05) is 26.2 Å². The van der Waals surface area contributed by atoms with Crippen LogP contribution in [0.25, 0.3) is 0 Å². The molecule has 0 unspecified atom stereocenters. The Morgan fingerprint density at radius 1 is 1.29 bits per heavy atom. The Balaban J connectivity index is 1.54. The molecular formula is C17H19ClN4O2. The Morgan fingerprint density at radius 2 is 2.12 bits per heavy atom. The minimum Gasteiger partial charge on any atom is -0.373 e. The maximum Gasteiger partial charge on any atom is 0.285 e. The molecule has 0 amide bonds. The molecule has 7 heteroatoms. The summed E-state index contributed by atoms with van der Waals surface area (Å²) >= 11 is 6.16. The van der Waals surface area contributed by atoms with Gasteiger partial charge in [-0.25, -0.2) is 5.10 Å². The third-order valence-corrected chi connectivity index (χ3v) is 5.13. The van der Waals surface area contributed by atoms with Gasteiger partial charge in [0.05, 0.1) is 30.6 Å². The zero-order valence-electron chi connectivity index (χ0n) is 13.2. The fourth-order valence-electron chi connectivity index (χ4n) is 3.56. The van der Waals surface area contributed by atoms with Gasteiger partial charge in [0.15, 0.2) is 0 Å². The third kappa shape index (κ3) is 2.92. The van der Waals surface area contributed by atoms with Crippen LogP contribution in [-0.2, 0) is 11.3 Å². The van der Waals surface area contributed by atoms with Crippen molar-refractivity contribution in [1.29, 1.82) is 0 Å². The lowest BCUT2D eigenvalue weighted by molar-refractivity contribution is -0.0499. The number of anilines is 1. The Hall–Kier alpha value is -1.89. The van der Waals surface area contributed by atoms with Crippen molar-refractivity contribution in [2.24, 2.45) is 0 Å². The molecule has 1 aromatic carbocycles. The van der Waals surface area contributed by atoms with E-state index in [2.05, 4.69) is 44.3 Å². The Bertz CT molecular complexity index is 767. The number of rotatable bonds is 3. The van der Waals surface area contributed by atoms with Gasteiger partial charge in [-0.2, -0.15) is 5.10 Å². The van der Waals surface area contributed by atoms with E-state index >= 15 is 0 Å². The van der Waals surface area contributed by atoms with E-state index in [0.29, 0.717) is 5.69 Å². The van der Waals surface area contributed by atoms with Crippen LogP contribution in [0.4, 0.5) is 5.69 Å². The molecule has 126 valence electrons. The van der Waals surface area contributed by atoms with E-state index in [1.54, 1.807) is 6.20 Å². The van der Waals surface area contributed by atoms with E-state index in [1.807, 2.05) is 6.07 Å². The molecular weight excluding hydrogens is 328 g/mol. The van der Waals surface area contributed by atoms with Crippen LogP contribution in [0.3, 0.4) is 0 Å². The number of H-pyrrole nitrogens is 1. The zero-order valence-corrected chi connectivity index (χ0v) is 13.9. The average Bonchev–Trinajstić information content (AvgIpc) is 3.03. The molecule has 24 heavy (non-hydrogen) atoms. The third-order valence-electron chi connectivity index (χ3n) is 4.76. The summed E-state index contributed by atoms with van der Waals surface area (Å²) in [4.78, 5) is 16.3. The second-order valence-corrected chi connectivity index (χ2v) is 6.61. The smallest absolute Gasteiger partial charge is 0.285 e. The summed E-state index contributed by atoms with van der Waals surface area (Å²) in [7, 11) is 0. The molecule has 0 bridgehead atoms. The first-order valence-electron chi connectivity index (χ1n) is 8.10. The summed E-state index contributed by atoms with van der Waals surface area (Å²) in [5.41, 5.74) is 1.62. The Labute approximate surface area is 145 Å². The summed E-state index contributed by atoms with van der Waals surface area (Å²) in [6, 6.07) is 10.7. The SMILES string of the molecule is O=c1[nH]ncc(N2C[C@@H]3OCCN(Cc4ccccc4)[C@@H]3C2)c1Cl. The molecule has 3 heterocycles. The highest BCUT2D eigenvalue weighted by Gasteiger charge is 2.40. The topological polar surface area (TPSA) is 61.5 Å². The average molecular weight is 347 g/mol. The molecule has 2 aromatic rings. The van der Waals surface area contributed by atoms with Gasteiger partial charge in [0.2, 0.25) is 0 Å². The van der Waals surface area contributed by atoms with Crippen LogP contribution in [0.5, 0.6) is 0 Å². The van der Waals surface area contributed by atoms with Crippen molar-refractivity contribution in [3.63, 3.8) is 0 Å². The summed E-state index contributed by atoms with van der Waals surface area (Å²) in [6.45, 7) is 4.04. The highest BCUT2D eigenvalue weighted by molar-refractivity contribution is 6.33. The minimum atomic E-state index is -0.355. The number of morpholine rings is 1. The van der Waals surface area contributed by atoms with Gasteiger partial charge in [0.25, 0.3) is 5.56 Å². The molecule has 2 fully saturated rings. The van der Waals surface area contributed by atoms with E-state index in [1.165, 1.54) is 5.56 Å². The lowest BCUT2D eigenvalue weighted by atomic mass is 10.1. The molecule has 0 aliphatic carbocycles. The number of hydrogen-bond acceptors (Lipinski definition) is 5. The highest BCUT2D eigenvalue weighted by atomic mass is 35.5. The standard InChI is InChI=1S/C17H19ClN4O2/c18-16-13(8-19-20-17(16)23)22-10-14-15(11-22)24-7-6-21(14)9-12-4-2-1-3-5-12/h1-5,8,14-15H,6-7,9-11H2,(H,20,23)/t14-,15+/m1/s1. The molecule has 2 saturated heterocycles. The van der Waals surface area contributed by atoms with Gasteiger partial charge < -0.3 is 9.64 Å². The summed E-state index contributed by atoms with van der Waals surface area (Å²) in [5.74, 6) is 0. The van der Waals surface area contributed by atoms with E-state index in [4.69, 9.17) is 16.3 Å². The van der Waals surface area contributed by atoms with E-state index in [9.17, 15) is 4.79 Å². The van der Waals surface area contributed by atoms with Crippen LogP contribution in [0.15, 0.2) is 41.3 Å². The molecule has 0 spiro atoms. The maximum atomic E-state index is 11.7. The van der Waals surface area contributed by atoms with Gasteiger partial charge >= 0.3 is 0 Å². The first-order valence-corrected chi connectivity index (χ1v) is 8.48. The fraction of sp³-hybridized carbons (Fsp3) is 0.412. The van der Waals surface area contributed by atoms with Crippen LogP contribution in [0.1, 0.15) is 5.56 Å². The van der Waals surface area contributed by atoms with Gasteiger partial charge in [-0.05, 0) is 5.56 Å². The normalized spacial score (nSPS) is 24.1. The number of aromatic nitrogens is 2. The number of nitrogens with one attached hydrogen (secondary N) is 1. The molecule has 1 aromatic heterocycles. The predicted octanol–water partition coefficient (Wildman–Crippen LogP) is 1.51. The first kappa shape index (κ1) is 15.6. The number of hydrogen-bond donors (Lipinski definition) is 1. The lowest BCUT2D eigenvalue weighted by Crippen LogP contribution is -2.50. The van der Waals surface area contributed by atoms with Crippen molar-refractivity contribution in [1.82, 2.24) is 15.1 Å². The molecule has 0 saturated carbocycles. The van der Waals surface area contributed by atoms with Crippen molar-refractivity contribution in [2.75, 3.05) is 31.1 Å². The number of ether oxygens (including phenoxy) is 1. The predicted molar refractivity (Wildman–Crippen MR) is 92.5 cm³/mol. The second kappa shape index (κ2) is 6.55. The Kier molecular flexibility index (Phi) is 4.26. The highest BCUT2D eigenvalue weighted by Crippen LogP contribution is 2.30. The van der Waals surface area contributed by atoms with Gasteiger partial charge in [0.1, 0.15) is 5.02 Å². The van der Waals surface area contributed by atoms with Crippen LogP contribution >= 0.6 is 11.6 Å². The molecule has 2 aliphatic heterocycles. The van der Waals surface area contributed by atoms with Crippen LogP contribution < -0.4 is 10.5 Å². The number of aromatic amines is 1. The molecule has 1 N–H and O–H groups in total. The van der Waals surface area contributed by atoms with Crippen molar-refractivity contribution >= 4 is 17.3 Å². The minimum absolute atomic E-state index is 0.123. The summed E-state index contributed by atoms with van der Waals surface area (Å²) in [5, 5.41) is 6.43. The van der Waals surface area contributed by atoms with Gasteiger partial charge in [-0.3, -0.25) is 9.69 Å². The number of fused-ring (bicyclic) bond motifs is 1.